The highest BCUT2D eigenvalue weighted by Gasteiger charge is 2.34. The van der Waals surface area contributed by atoms with Gasteiger partial charge in [-0.1, -0.05) is 0 Å². The van der Waals surface area contributed by atoms with Gasteiger partial charge in [0, 0.05) is 5.92 Å². The molecule has 0 N–H and O–H groups in total. The highest BCUT2D eigenvalue weighted by molar-refractivity contribution is 6.08. The van der Waals surface area contributed by atoms with Crippen LogP contribution in [0.25, 0.3) is 0 Å². The van der Waals surface area contributed by atoms with E-state index in [9.17, 15) is 9.59 Å². The van der Waals surface area contributed by atoms with E-state index in [2.05, 4.69) is 14.7 Å². The van der Waals surface area contributed by atoms with E-state index in [1.807, 2.05) is 0 Å². The maximum Gasteiger partial charge on any atom is 0.319 e. The molecule has 1 saturated carbocycles. The van der Waals surface area contributed by atoms with Gasteiger partial charge in [0.15, 0.2) is 5.78 Å². The van der Waals surface area contributed by atoms with E-state index in [4.69, 9.17) is 9.47 Å². The lowest BCUT2D eigenvalue weighted by atomic mass is 10.0. The lowest BCUT2D eigenvalue weighted by molar-refractivity contribution is -0.139. The van der Waals surface area contributed by atoms with Crippen molar-refractivity contribution in [2.45, 2.75) is 25.2 Å². The lowest BCUT2D eigenvalue weighted by Gasteiger charge is -2.12. The Bertz CT molecular complexity index is 540. The Morgan fingerprint density at radius 3 is 2.35 bits per heavy atom. The number of nitrogens with zero attached hydrogens (tertiary/aromatic N) is 2. The van der Waals surface area contributed by atoms with Crippen molar-refractivity contribution in [1.29, 1.82) is 0 Å². The summed E-state index contributed by atoms with van der Waals surface area (Å²) in [6.45, 7) is 0. The lowest BCUT2D eigenvalue weighted by Crippen LogP contribution is -2.15. The minimum absolute atomic E-state index is 0.132. The number of rotatable bonds is 6. The van der Waals surface area contributed by atoms with Crippen molar-refractivity contribution in [3.8, 4) is 11.9 Å². The maximum absolute atomic E-state index is 12.2. The van der Waals surface area contributed by atoms with Crippen molar-refractivity contribution in [1.82, 2.24) is 9.97 Å². The summed E-state index contributed by atoms with van der Waals surface area (Å²) >= 11 is 0. The molecule has 0 saturated heterocycles. The van der Waals surface area contributed by atoms with Gasteiger partial charge >= 0.3 is 12.0 Å². The number of methoxy groups -OCH3 is 3. The van der Waals surface area contributed by atoms with Gasteiger partial charge < -0.3 is 14.2 Å². The summed E-state index contributed by atoms with van der Waals surface area (Å²) in [5.74, 6) is -0.682. The van der Waals surface area contributed by atoms with Crippen LogP contribution in [0.4, 0.5) is 0 Å². The predicted molar refractivity (Wildman–Crippen MR) is 68.1 cm³/mol. The molecular formula is C13H16N2O5. The summed E-state index contributed by atoms with van der Waals surface area (Å²) in [5.41, 5.74) is 0.837. The fraction of sp³-hybridized carbons (Fsp3) is 0.538. The molecule has 108 valence electrons. The zero-order valence-corrected chi connectivity index (χ0v) is 11.6. The third-order valence-corrected chi connectivity index (χ3v) is 3.03. The van der Waals surface area contributed by atoms with Gasteiger partial charge in [-0.15, -0.1) is 0 Å². The zero-order chi connectivity index (χ0) is 14.7. The Balaban J connectivity index is 2.43. The number of carbonyl (C=O) groups is 2. The van der Waals surface area contributed by atoms with Crippen LogP contribution in [0.1, 0.15) is 41.2 Å². The molecule has 1 aliphatic carbocycles. The minimum Gasteiger partial charge on any atom is -0.480 e. The number of hydrogen-bond acceptors (Lipinski definition) is 7. The van der Waals surface area contributed by atoms with Gasteiger partial charge in [-0.3, -0.25) is 9.59 Å². The van der Waals surface area contributed by atoms with E-state index in [1.54, 1.807) is 0 Å². The first-order valence-electron chi connectivity index (χ1n) is 6.20. The molecule has 1 aromatic heterocycles. The quantitative estimate of drug-likeness (QED) is 0.438. The highest BCUT2D eigenvalue weighted by Crippen LogP contribution is 2.43. The molecule has 0 aromatic carbocycles. The summed E-state index contributed by atoms with van der Waals surface area (Å²) in [7, 11) is 4.09. The van der Waals surface area contributed by atoms with Gasteiger partial charge in [0.25, 0.3) is 0 Å². The van der Waals surface area contributed by atoms with E-state index in [1.165, 1.54) is 21.3 Å². The Labute approximate surface area is 116 Å². The second kappa shape index (κ2) is 5.85. The Morgan fingerprint density at radius 2 is 1.85 bits per heavy atom. The number of ether oxygens (including phenoxy) is 3. The van der Waals surface area contributed by atoms with E-state index < -0.39 is 11.8 Å². The number of aromatic nitrogens is 2. The van der Waals surface area contributed by atoms with Crippen LogP contribution in [-0.2, 0) is 9.53 Å². The van der Waals surface area contributed by atoms with Crippen LogP contribution in [-0.4, -0.2) is 43.0 Å². The maximum atomic E-state index is 12.2. The van der Waals surface area contributed by atoms with Crippen molar-refractivity contribution in [3.63, 3.8) is 0 Å². The van der Waals surface area contributed by atoms with Gasteiger partial charge in [-0.25, -0.2) is 0 Å². The SMILES string of the molecule is COC(=O)CC(=O)c1c(OC)nc(OC)nc1C1CC1. The van der Waals surface area contributed by atoms with E-state index in [-0.39, 0.29) is 29.8 Å². The summed E-state index contributed by atoms with van der Waals surface area (Å²) in [6, 6.07) is 0.151. The molecule has 7 nitrogen and oxygen atoms in total. The Kier molecular flexibility index (Phi) is 4.16. The fourth-order valence-electron chi connectivity index (χ4n) is 1.88. The molecule has 1 heterocycles. The molecule has 1 fully saturated rings. The van der Waals surface area contributed by atoms with Gasteiger partial charge in [0.1, 0.15) is 12.0 Å². The standard InChI is InChI=1S/C13H16N2O5/c1-18-9(17)6-8(16)10-11(7-4-5-7)14-13(20-3)15-12(10)19-2/h7H,4-6H2,1-3H3. The van der Waals surface area contributed by atoms with Crippen LogP contribution in [0.5, 0.6) is 11.9 Å². The molecule has 2 rings (SSSR count). The number of hydrogen-bond donors (Lipinski definition) is 0. The summed E-state index contributed by atoms with van der Waals surface area (Å²) < 4.78 is 14.7. The third kappa shape index (κ3) is 2.87. The molecule has 7 heteroatoms. The number of ketones is 1. The highest BCUT2D eigenvalue weighted by atomic mass is 16.5. The van der Waals surface area contributed by atoms with E-state index in [0.717, 1.165) is 12.8 Å². The molecule has 1 aromatic rings. The largest absolute Gasteiger partial charge is 0.480 e. The van der Waals surface area contributed by atoms with Gasteiger partial charge in [-0.05, 0) is 12.8 Å². The van der Waals surface area contributed by atoms with Crippen LogP contribution in [0.3, 0.4) is 0 Å². The molecule has 0 bridgehead atoms. The summed E-state index contributed by atoms with van der Waals surface area (Å²) in [6.07, 6.45) is 1.53. The molecule has 20 heavy (non-hydrogen) atoms. The zero-order valence-electron chi connectivity index (χ0n) is 11.6. The monoisotopic (exact) mass is 280 g/mol. The summed E-state index contributed by atoms with van der Waals surface area (Å²) in [5, 5.41) is 0. The molecule has 0 spiro atoms. The van der Waals surface area contributed by atoms with Crippen LogP contribution in [0.2, 0.25) is 0 Å². The van der Waals surface area contributed by atoms with Gasteiger partial charge in [0.2, 0.25) is 5.88 Å². The van der Waals surface area contributed by atoms with Crippen molar-refractivity contribution >= 4 is 11.8 Å². The first kappa shape index (κ1) is 14.2. The first-order valence-corrected chi connectivity index (χ1v) is 6.20. The number of carbonyl (C=O) groups excluding carboxylic acids is 2. The molecule has 0 radical (unpaired) electrons. The smallest absolute Gasteiger partial charge is 0.319 e. The fourth-order valence-corrected chi connectivity index (χ4v) is 1.88. The van der Waals surface area contributed by atoms with E-state index >= 15 is 0 Å². The van der Waals surface area contributed by atoms with Crippen molar-refractivity contribution in [2.24, 2.45) is 0 Å². The summed E-state index contributed by atoms with van der Waals surface area (Å²) in [4.78, 5) is 31.7. The van der Waals surface area contributed by atoms with Crippen molar-refractivity contribution in [2.75, 3.05) is 21.3 Å². The molecule has 0 aliphatic heterocycles. The Morgan fingerprint density at radius 1 is 1.15 bits per heavy atom. The molecule has 0 unspecified atom stereocenters. The van der Waals surface area contributed by atoms with Crippen LogP contribution in [0, 0.1) is 0 Å². The first-order chi connectivity index (χ1) is 9.60. The molecule has 1 aliphatic rings. The second-order valence-corrected chi connectivity index (χ2v) is 4.43. The van der Waals surface area contributed by atoms with Gasteiger partial charge in [-0.2, -0.15) is 9.97 Å². The Hall–Kier alpha value is -2.18. The average Bonchev–Trinajstić information content (AvgIpc) is 3.29. The molecular weight excluding hydrogens is 264 g/mol. The average molecular weight is 280 g/mol. The molecule has 0 amide bonds. The minimum atomic E-state index is -0.602. The second-order valence-electron chi connectivity index (χ2n) is 4.43. The normalized spacial score (nSPS) is 13.8. The van der Waals surface area contributed by atoms with Crippen LogP contribution < -0.4 is 9.47 Å². The van der Waals surface area contributed by atoms with E-state index in [0.29, 0.717) is 5.69 Å². The number of Topliss-reactive ketones (excluding diaryl/α,β-unsaturated/α-hetero) is 1. The van der Waals surface area contributed by atoms with Crippen LogP contribution >= 0.6 is 0 Å². The third-order valence-electron chi connectivity index (χ3n) is 3.03. The van der Waals surface area contributed by atoms with Crippen molar-refractivity contribution < 1.29 is 23.8 Å². The number of esters is 1. The predicted octanol–water partition coefficient (Wildman–Crippen LogP) is 1.12. The van der Waals surface area contributed by atoms with Crippen molar-refractivity contribution in [3.05, 3.63) is 11.3 Å². The van der Waals surface area contributed by atoms with Gasteiger partial charge in [0.05, 0.1) is 27.0 Å². The molecule has 0 atom stereocenters. The topological polar surface area (TPSA) is 87.6 Å². The van der Waals surface area contributed by atoms with Crippen LogP contribution in [0.15, 0.2) is 0 Å².